The molecule has 3 aromatic heterocycles. The van der Waals surface area contributed by atoms with Crippen molar-refractivity contribution >= 4 is 44.6 Å². The van der Waals surface area contributed by atoms with Crippen LogP contribution in [0.1, 0.15) is 5.01 Å². The van der Waals surface area contributed by atoms with Crippen molar-refractivity contribution in [3.8, 4) is 10.6 Å². The summed E-state index contributed by atoms with van der Waals surface area (Å²) >= 11 is 2.78. The molecule has 0 unspecified atom stereocenters. The molecule has 1 aromatic carbocycles. The molecule has 0 aliphatic heterocycles. The van der Waals surface area contributed by atoms with Crippen LogP contribution in [0, 0.1) is 12.7 Å². The first-order valence-electron chi connectivity index (χ1n) is 7.99. The second-order valence-electron chi connectivity index (χ2n) is 5.72. The number of thiophene rings is 1. The monoisotopic (exact) mass is 400 g/mol. The van der Waals surface area contributed by atoms with E-state index in [2.05, 4.69) is 15.3 Å². The van der Waals surface area contributed by atoms with Gasteiger partial charge in [-0.2, -0.15) is 4.98 Å². The minimum Gasteiger partial charge on any atom is -0.322 e. The van der Waals surface area contributed by atoms with Gasteiger partial charge in [0.15, 0.2) is 0 Å². The lowest BCUT2D eigenvalue weighted by Gasteiger charge is -2.09. The number of anilines is 1. The largest absolute Gasteiger partial charge is 0.349 e. The van der Waals surface area contributed by atoms with Gasteiger partial charge in [-0.15, -0.1) is 22.7 Å². The molecular formula is C18H13FN4O2S2. The number of nitrogens with one attached hydrogen (secondary N) is 1. The molecule has 27 heavy (non-hydrogen) atoms. The number of halogens is 1. The SMILES string of the molecule is Cc1nc2c(-c3cccs3)nc(=O)n(CC(=O)Nc3ccccc3F)c2s1. The Labute approximate surface area is 161 Å². The molecule has 6 nitrogen and oxygen atoms in total. The van der Waals surface area contributed by atoms with Gasteiger partial charge in [0.25, 0.3) is 0 Å². The van der Waals surface area contributed by atoms with Crippen LogP contribution in [0.15, 0.2) is 46.6 Å². The number of aryl methyl sites for hydroxylation is 1. The molecule has 0 atom stereocenters. The molecule has 1 N–H and O–H groups in total. The number of fused-ring (bicyclic) bond motifs is 1. The molecule has 4 aromatic rings. The second kappa shape index (κ2) is 7.01. The van der Waals surface area contributed by atoms with Crippen molar-refractivity contribution in [2.24, 2.45) is 0 Å². The summed E-state index contributed by atoms with van der Waals surface area (Å²) < 4.78 is 15.0. The maximum atomic E-state index is 13.7. The van der Waals surface area contributed by atoms with Crippen molar-refractivity contribution in [3.05, 3.63) is 63.1 Å². The molecule has 4 rings (SSSR count). The van der Waals surface area contributed by atoms with Crippen LogP contribution in [-0.4, -0.2) is 20.4 Å². The molecule has 0 bridgehead atoms. The number of rotatable bonds is 4. The number of thiazole rings is 1. The van der Waals surface area contributed by atoms with Crippen LogP contribution in [0.4, 0.5) is 10.1 Å². The zero-order chi connectivity index (χ0) is 19.0. The number of hydrogen-bond acceptors (Lipinski definition) is 6. The molecule has 0 fully saturated rings. The summed E-state index contributed by atoms with van der Waals surface area (Å²) in [5.41, 5.74) is 0.618. The molecule has 0 spiro atoms. The summed E-state index contributed by atoms with van der Waals surface area (Å²) in [5.74, 6) is -1.05. The molecule has 0 saturated carbocycles. The molecule has 0 aliphatic rings. The number of carbonyl (C=O) groups is 1. The Morgan fingerprint density at radius 3 is 2.78 bits per heavy atom. The van der Waals surface area contributed by atoms with Gasteiger partial charge in [-0.3, -0.25) is 9.36 Å². The van der Waals surface area contributed by atoms with Gasteiger partial charge in [0.05, 0.1) is 15.6 Å². The van der Waals surface area contributed by atoms with Crippen molar-refractivity contribution in [2.45, 2.75) is 13.5 Å². The highest BCUT2D eigenvalue weighted by molar-refractivity contribution is 7.18. The van der Waals surface area contributed by atoms with E-state index in [0.717, 1.165) is 9.88 Å². The predicted molar refractivity (Wildman–Crippen MR) is 105 cm³/mol. The van der Waals surface area contributed by atoms with Gasteiger partial charge in [0.2, 0.25) is 5.91 Å². The van der Waals surface area contributed by atoms with Gasteiger partial charge < -0.3 is 5.32 Å². The van der Waals surface area contributed by atoms with E-state index in [9.17, 15) is 14.0 Å². The normalized spacial score (nSPS) is 11.0. The van der Waals surface area contributed by atoms with Crippen molar-refractivity contribution in [2.75, 3.05) is 5.32 Å². The van der Waals surface area contributed by atoms with Gasteiger partial charge in [0, 0.05) is 0 Å². The average Bonchev–Trinajstić information content (AvgIpc) is 3.29. The summed E-state index contributed by atoms with van der Waals surface area (Å²) in [7, 11) is 0. The minimum absolute atomic E-state index is 0.0652. The fourth-order valence-electron chi connectivity index (χ4n) is 2.67. The summed E-state index contributed by atoms with van der Waals surface area (Å²) in [4.78, 5) is 35.0. The van der Waals surface area contributed by atoms with E-state index in [1.54, 1.807) is 6.07 Å². The summed E-state index contributed by atoms with van der Waals surface area (Å²) in [6.07, 6.45) is 0. The molecular weight excluding hydrogens is 387 g/mol. The van der Waals surface area contributed by atoms with E-state index in [4.69, 9.17) is 0 Å². The molecule has 3 heterocycles. The van der Waals surface area contributed by atoms with Crippen LogP contribution < -0.4 is 11.0 Å². The van der Waals surface area contributed by atoms with Gasteiger partial charge >= 0.3 is 5.69 Å². The topological polar surface area (TPSA) is 76.9 Å². The highest BCUT2D eigenvalue weighted by Gasteiger charge is 2.18. The van der Waals surface area contributed by atoms with E-state index >= 15 is 0 Å². The number of benzene rings is 1. The standard InChI is InChI=1S/C18H13FN4O2S2/c1-10-20-16-15(13-7-4-8-26-13)22-18(25)23(17(16)27-10)9-14(24)21-12-6-3-2-5-11(12)19/h2-8H,9H2,1H3,(H,21,24). The smallest absolute Gasteiger partial charge is 0.322 e. The molecule has 0 aliphatic carbocycles. The molecule has 1 amide bonds. The summed E-state index contributed by atoms with van der Waals surface area (Å²) in [6, 6.07) is 9.61. The fraction of sp³-hybridized carbons (Fsp3) is 0.111. The zero-order valence-corrected chi connectivity index (χ0v) is 15.7. The van der Waals surface area contributed by atoms with Crippen molar-refractivity contribution < 1.29 is 9.18 Å². The van der Waals surface area contributed by atoms with Gasteiger partial charge in [-0.05, 0) is 30.5 Å². The second-order valence-corrected chi connectivity index (χ2v) is 7.85. The maximum absolute atomic E-state index is 13.7. The Morgan fingerprint density at radius 2 is 2.04 bits per heavy atom. The molecule has 0 radical (unpaired) electrons. The number of carbonyl (C=O) groups excluding carboxylic acids is 1. The Balaban J connectivity index is 1.73. The van der Waals surface area contributed by atoms with E-state index in [0.29, 0.717) is 16.0 Å². The maximum Gasteiger partial charge on any atom is 0.349 e. The fourth-order valence-corrected chi connectivity index (χ4v) is 4.29. The van der Waals surface area contributed by atoms with Crippen LogP contribution in [0.3, 0.4) is 0 Å². The van der Waals surface area contributed by atoms with Crippen LogP contribution in [-0.2, 0) is 11.3 Å². The average molecular weight is 400 g/mol. The minimum atomic E-state index is -0.543. The first-order valence-corrected chi connectivity index (χ1v) is 9.69. The van der Waals surface area contributed by atoms with Crippen LogP contribution >= 0.6 is 22.7 Å². The van der Waals surface area contributed by atoms with E-state index < -0.39 is 17.4 Å². The summed E-state index contributed by atoms with van der Waals surface area (Å²) in [6.45, 7) is 1.56. The highest BCUT2D eigenvalue weighted by Crippen LogP contribution is 2.31. The lowest BCUT2D eigenvalue weighted by molar-refractivity contribution is -0.116. The first-order chi connectivity index (χ1) is 13.0. The van der Waals surface area contributed by atoms with Crippen molar-refractivity contribution in [1.82, 2.24) is 14.5 Å². The number of hydrogen-bond donors (Lipinski definition) is 1. The first kappa shape index (κ1) is 17.5. The van der Waals surface area contributed by atoms with Crippen LogP contribution in [0.2, 0.25) is 0 Å². The lowest BCUT2D eigenvalue weighted by Crippen LogP contribution is -2.29. The molecule has 136 valence electrons. The van der Waals surface area contributed by atoms with Gasteiger partial charge in [0.1, 0.15) is 28.4 Å². The quantitative estimate of drug-likeness (QED) is 0.567. The third-order valence-corrected chi connectivity index (χ3v) is 5.70. The summed E-state index contributed by atoms with van der Waals surface area (Å²) in [5, 5.41) is 5.15. The van der Waals surface area contributed by atoms with E-state index in [1.807, 2.05) is 24.4 Å². The van der Waals surface area contributed by atoms with E-state index in [1.165, 1.54) is 45.4 Å². The van der Waals surface area contributed by atoms with Crippen LogP contribution in [0.25, 0.3) is 20.9 Å². The molecule has 9 heteroatoms. The predicted octanol–water partition coefficient (Wildman–Crippen LogP) is 3.67. The Kier molecular flexibility index (Phi) is 4.54. The van der Waals surface area contributed by atoms with Crippen molar-refractivity contribution in [1.29, 1.82) is 0 Å². The van der Waals surface area contributed by atoms with Gasteiger partial charge in [-0.1, -0.05) is 18.2 Å². The lowest BCUT2D eigenvalue weighted by atomic mass is 10.3. The molecule has 0 saturated heterocycles. The number of nitrogens with zero attached hydrogens (tertiary/aromatic N) is 3. The Hall–Kier alpha value is -2.91. The Morgan fingerprint density at radius 1 is 1.22 bits per heavy atom. The zero-order valence-electron chi connectivity index (χ0n) is 14.1. The van der Waals surface area contributed by atoms with Gasteiger partial charge in [-0.25, -0.2) is 14.2 Å². The third-order valence-electron chi connectivity index (χ3n) is 3.83. The van der Waals surface area contributed by atoms with E-state index in [-0.39, 0.29) is 12.2 Å². The number of amides is 1. The van der Waals surface area contributed by atoms with Crippen LogP contribution in [0.5, 0.6) is 0 Å². The number of para-hydroxylation sites is 1. The highest BCUT2D eigenvalue weighted by atomic mass is 32.1. The number of aromatic nitrogens is 3. The van der Waals surface area contributed by atoms with Crippen molar-refractivity contribution in [3.63, 3.8) is 0 Å². The third kappa shape index (κ3) is 3.38. The Bertz CT molecular complexity index is 1200.